The van der Waals surface area contributed by atoms with Gasteiger partial charge in [0.15, 0.2) is 5.82 Å². The van der Waals surface area contributed by atoms with Crippen molar-refractivity contribution < 1.29 is 4.79 Å². The Bertz CT molecular complexity index is 1050. The molecule has 1 fully saturated rings. The van der Waals surface area contributed by atoms with Crippen LogP contribution in [0, 0.1) is 25.7 Å². The number of rotatable bonds is 6. The van der Waals surface area contributed by atoms with Gasteiger partial charge in [-0.2, -0.15) is 4.98 Å². The normalized spacial score (nSPS) is 19.6. The Morgan fingerprint density at radius 2 is 1.74 bits per heavy atom. The molecule has 31 heavy (non-hydrogen) atoms. The maximum atomic E-state index is 12.4. The first-order valence-electron chi connectivity index (χ1n) is 11.1. The van der Waals surface area contributed by atoms with Crippen molar-refractivity contribution in [3.05, 3.63) is 58.7 Å². The molecule has 0 bridgehead atoms. The third kappa shape index (κ3) is 5.47. The number of hydrogen-bond acceptors (Lipinski definition) is 5. The molecule has 2 aromatic heterocycles. The Hall–Kier alpha value is -2.80. The molecule has 0 aliphatic carbocycles. The van der Waals surface area contributed by atoms with Crippen molar-refractivity contribution >= 4 is 11.7 Å². The lowest BCUT2D eigenvalue weighted by atomic mass is 9.91. The molecule has 0 saturated carbocycles. The summed E-state index contributed by atoms with van der Waals surface area (Å²) in [6.45, 7) is 12.4. The van der Waals surface area contributed by atoms with Crippen molar-refractivity contribution in [3.63, 3.8) is 0 Å². The fraction of sp³-hybridized carbons (Fsp3) is 0.500. The van der Waals surface area contributed by atoms with Gasteiger partial charge in [-0.1, -0.05) is 38.1 Å². The van der Waals surface area contributed by atoms with E-state index in [-0.39, 0.29) is 12.3 Å². The van der Waals surface area contributed by atoms with Crippen LogP contribution in [0.15, 0.2) is 30.3 Å². The number of aryl methyl sites for hydroxylation is 2. The minimum absolute atomic E-state index is 0.0920. The molecule has 1 aromatic carbocycles. The highest BCUT2D eigenvalue weighted by atomic mass is 16.1. The van der Waals surface area contributed by atoms with Gasteiger partial charge < -0.3 is 5.32 Å². The number of amides is 1. The van der Waals surface area contributed by atoms with E-state index >= 15 is 0 Å². The molecule has 7 nitrogen and oxygen atoms in total. The molecule has 1 amide bonds. The molecule has 3 aromatic rings. The van der Waals surface area contributed by atoms with Gasteiger partial charge in [-0.05, 0) is 49.3 Å². The monoisotopic (exact) mass is 420 g/mol. The first-order chi connectivity index (χ1) is 14.9. The molecule has 1 N–H and O–H groups in total. The van der Waals surface area contributed by atoms with Crippen LogP contribution < -0.4 is 5.32 Å². The highest BCUT2D eigenvalue weighted by Gasteiger charge is 2.21. The number of nitrogens with zero attached hydrogens (tertiary/aromatic N) is 5. The highest BCUT2D eigenvalue weighted by molar-refractivity contribution is 5.77. The second-order valence-corrected chi connectivity index (χ2v) is 9.19. The predicted octanol–water partition coefficient (Wildman–Crippen LogP) is 3.08. The first kappa shape index (κ1) is 21.4. The first-order valence-corrected chi connectivity index (χ1v) is 11.1. The molecule has 0 spiro atoms. The van der Waals surface area contributed by atoms with Crippen LogP contribution in [0.2, 0.25) is 0 Å². The summed E-state index contributed by atoms with van der Waals surface area (Å²) in [4.78, 5) is 23.7. The number of benzene rings is 1. The van der Waals surface area contributed by atoms with Crippen molar-refractivity contribution in [1.82, 2.24) is 29.8 Å². The predicted molar refractivity (Wildman–Crippen MR) is 120 cm³/mol. The molecular weight excluding hydrogens is 388 g/mol. The van der Waals surface area contributed by atoms with E-state index in [1.54, 1.807) is 4.52 Å². The number of nitrogens with one attached hydrogen (secondary N) is 1. The van der Waals surface area contributed by atoms with Crippen LogP contribution in [-0.2, 0) is 24.3 Å². The minimum atomic E-state index is -0.0920. The third-order valence-electron chi connectivity index (χ3n) is 5.84. The van der Waals surface area contributed by atoms with E-state index in [1.165, 1.54) is 25.1 Å². The molecule has 0 radical (unpaired) electrons. The Labute approximate surface area is 183 Å². The average molecular weight is 421 g/mol. The highest BCUT2D eigenvalue weighted by Crippen LogP contribution is 2.22. The number of carbonyl (C=O) groups excluding carboxylic acids is 1. The maximum absolute atomic E-state index is 12.4. The molecule has 164 valence electrons. The van der Waals surface area contributed by atoms with E-state index in [4.69, 9.17) is 0 Å². The summed E-state index contributed by atoms with van der Waals surface area (Å²) in [6, 6.07) is 10.5. The van der Waals surface area contributed by atoms with Gasteiger partial charge in [0.05, 0.1) is 6.42 Å². The van der Waals surface area contributed by atoms with Crippen LogP contribution in [0.1, 0.15) is 48.6 Å². The van der Waals surface area contributed by atoms with Crippen molar-refractivity contribution in [2.24, 2.45) is 11.8 Å². The molecule has 1 aliphatic heterocycles. The van der Waals surface area contributed by atoms with Gasteiger partial charge in [-0.25, -0.2) is 9.50 Å². The van der Waals surface area contributed by atoms with Crippen LogP contribution in [0.5, 0.6) is 0 Å². The molecule has 3 heterocycles. The number of carbonyl (C=O) groups is 1. The number of fused-ring (bicyclic) bond motifs is 1. The summed E-state index contributed by atoms with van der Waals surface area (Å²) in [6.07, 6.45) is 1.47. The molecule has 1 saturated heterocycles. The van der Waals surface area contributed by atoms with Crippen LogP contribution in [0.4, 0.5) is 0 Å². The van der Waals surface area contributed by atoms with Gasteiger partial charge in [-0.3, -0.25) is 9.69 Å². The van der Waals surface area contributed by atoms with E-state index in [2.05, 4.69) is 63.4 Å². The fourth-order valence-corrected chi connectivity index (χ4v) is 4.63. The average Bonchev–Trinajstić information content (AvgIpc) is 3.09. The van der Waals surface area contributed by atoms with Gasteiger partial charge in [-0.15, -0.1) is 5.10 Å². The lowest BCUT2D eigenvalue weighted by Gasteiger charge is -2.35. The number of likely N-dealkylation sites (tertiary alicyclic amines) is 1. The van der Waals surface area contributed by atoms with Gasteiger partial charge in [0.2, 0.25) is 5.91 Å². The lowest BCUT2D eigenvalue weighted by molar-refractivity contribution is -0.120. The van der Waals surface area contributed by atoms with Gasteiger partial charge >= 0.3 is 0 Å². The van der Waals surface area contributed by atoms with Gasteiger partial charge in [0.1, 0.15) is 0 Å². The van der Waals surface area contributed by atoms with Crippen molar-refractivity contribution in [2.45, 2.75) is 53.6 Å². The van der Waals surface area contributed by atoms with Crippen molar-refractivity contribution in [3.8, 4) is 0 Å². The summed E-state index contributed by atoms with van der Waals surface area (Å²) in [5.41, 5.74) is 4.26. The SMILES string of the molecule is Cc1cc(C)n2nc(CC(=O)NCc3ccc(CN4CC(C)CC(C)C4)cc3)nc2n1. The standard InChI is InChI=1S/C24H32N6O/c1-16-9-17(2)14-29(13-16)15-21-7-5-20(6-8-21)12-25-23(31)11-22-27-24-26-18(3)10-19(4)30(24)28-22/h5-8,10,16-17H,9,11-15H2,1-4H3,(H,25,31). The number of aromatic nitrogens is 4. The van der Waals surface area contributed by atoms with Crippen LogP contribution in [0.25, 0.3) is 5.78 Å². The number of hydrogen-bond donors (Lipinski definition) is 1. The van der Waals surface area contributed by atoms with Crippen LogP contribution >= 0.6 is 0 Å². The quantitative estimate of drug-likeness (QED) is 0.663. The summed E-state index contributed by atoms with van der Waals surface area (Å²) in [5, 5.41) is 7.37. The van der Waals surface area contributed by atoms with E-state index in [9.17, 15) is 4.79 Å². The smallest absolute Gasteiger partial charge is 0.252 e. The van der Waals surface area contributed by atoms with Crippen molar-refractivity contribution in [2.75, 3.05) is 13.1 Å². The second-order valence-electron chi connectivity index (χ2n) is 9.19. The fourth-order valence-electron chi connectivity index (χ4n) is 4.63. The Balaban J connectivity index is 1.29. The molecule has 4 rings (SSSR count). The second kappa shape index (κ2) is 9.14. The molecule has 7 heteroatoms. The maximum Gasteiger partial charge on any atom is 0.252 e. The summed E-state index contributed by atoms with van der Waals surface area (Å²) < 4.78 is 1.68. The zero-order chi connectivity index (χ0) is 22.0. The zero-order valence-corrected chi connectivity index (χ0v) is 18.9. The van der Waals surface area contributed by atoms with E-state index in [1.807, 2.05) is 19.9 Å². The molecule has 2 unspecified atom stereocenters. The topological polar surface area (TPSA) is 75.4 Å². The Morgan fingerprint density at radius 1 is 1.06 bits per heavy atom. The largest absolute Gasteiger partial charge is 0.352 e. The minimum Gasteiger partial charge on any atom is -0.352 e. The van der Waals surface area contributed by atoms with Gasteiger partial charge in [0.25, 0.3) is 5.78 Å². The van der Waals surface area contributed by atoms with E-state index < -0.39 is 0 Å². The van der Waals surface area contributed by atoms with Crippen LogP contribution in [0.3, 0.4) is 0 Å². The summed E-state index contributed by atoms with van der Waals surface area (Å²) in [5.74, 6) is 2.46. The summed E-state index contributed by atoms with van der Waals surface area (Å²) in [7, 11) is 0. The molecule has 1 aliphatic rings. The summed E-state index contributed by atoms with van der Waals surface area (Å²) >= 11 is 0. The van der Waals surface area contributed by atoms with E-state index in [0.29, 0.717) is 18.1 Å². The Kier molecular flexibility index (Phi) is 6.32. The number of piperidine rings is 1. The lowest BCUT2D eigenvalue weighted by Crippen LogP contribution is -2.38. The van der Waals surface area contributed by atoms with Crippen molar-refractivity contribution in [1.29, 1.82) is 0 Å². The Morgan fingerprint density at radius 3 is 2.45 bits per heavy atom. The van der Waals surface area contributed by atoms with E-state index in [0.717, 1.165) is 35.3 Å². The molecule has 2 atom stereocenters. The zero-order valence-electron chi connectivity index (χ0n) is 18.9. The van der Waals surface area contributed by atoms with Crippen LogP contribution in [-0.4, -0.2) is 43.5 Å². The third-order valence-corrected chi connectivity index (χ3v) is 5.84. The van der Waals surface area contributed by atoms with Gasteiger partial charge in [0, 0.05) is 37.6 Å². The molecular formula is C24H32N6O.